The van der Waals surface area contributed by atoms with Crippen molar-refractivity contribution in [2.45, 2.75) is 6.92 Å². The predicted molar refractivity (Wildman–Crippen MR) is 77.0 cm³/mol. The Balaban J connectivity index is 3.04. The number of allylic oxidation sites excluding steroid dienone is 4. The molecule has 0 aliphatic heterocycles. The van der Waals surface area contributed by atoms with Crippen LogP contribution in [0.1, 0.15) is 5.69 Å². The van der Waals surface area contributed by atoms with Gasteiger partial charge in [0.25, 0.3) is 0 Å². The van der Waals surface area contributed by atoms with Gasteiger partial charge in [-0.1, -0.05) is 12.5 Å². The third-order valence-corrected chi connectivity index (χ3v) is 2.35. The molecule has 0 atom stereocenters. The largest absolute Gasteiger partial charge is 0.371 e. The molecule has 100 valence electrons. The third kappa shape index (κ3) is 4.12. The monoisotopic (exact) mass is 260 g/mol. The van der Waals surface area contributed by atoms with E-state index in [2.05, 4.69) is 22.9 Å². The van der Waals surface area contributed by atoms with Crippen LogP contribution in [0.25, 0.3) is 5.70 Å². The van der Waals surface area contributed by atoms with E-state index < -0.39 is 5.83 Å². The molecule has 0 unspecified atom stereocenters. The number of aromatic nitrogens is 2. The Morgan fingerprint density at radius 3 is 3.05 bits per heavy atom. The molecular weight excluding hydrogens is 243 g/mol. The summed E-state index contributed by atoms with van der Waals surface area (Å²) in [6.07, 6.45) is 11.0. The molecule has 0 radical (unpaired) electrons. The summed E-state index contributed by atoms with van der Waals surface area (Å²) in [6.45, 7) is 6.02. The molecule has 0 aromatic carbocycles. The second-order valence-corrected chi connectivity index (χ2v) is 3.73. The summed E-state index contributed by atoms with van der Waals surface area (Å²) in [5.41, 5.74) is 7.33. The summed E-state index contributed by atoms with van der Waals surface area (Å²) in [5, 5.41) is 7.30. The van der Waals surface area contributed by atoms with E-state index in [4.69, 9.17) is 12.2 Å². The average Bonchev–Trinajstić information content (AvgIpc) is 2.75. The lowest BCUT2D eigenvalue weighted by atomic mass is 10.3. The van der Waals surface area contributed by atoms with Crippen molar-refractivity contribution in [3.63, 3.8) is 0 Å². The molecule has 19 heavy (non-hydrogen) atoms. The highest BCUT2D eigenvalue weighted by Gasteiger charge is 2.06. The normalized spacial score (nSPS) is 12.1. The summed E-state index contributed by atoms with van der Waals surface area (Å²) in [5.74, 6) is 2.05. The van der Waals surface area contributed by atoms with Gasteiger partial charge in [0.2, 0.25) is 0 Å². The highest BCUT2D eigenvalue weighted by molar-refractivity contribution is 5.61. The van der Waals surface area contributed by atoms with Gasteiger partial charge in [0, 0.05) is 6.54 Å². The van der Waals surface area contributed by atoms with Crippen LogP contribution in [0.3, 0.4) is 0 Å². The smallest absolute Gasteiger partial charge is 0.122 e. The van der Waals surface area contributed by atoms with Gasteiger partial charge >= 0.3 is 0 Å². The maximum atomic E-state index is 13.4. The molecule has 1 heterocycles. The summed E-state index contributed by atoms with van der Waals surface area (Å²) in [6, 6.07) is 0. The number of hydrogen-bond acceptors (Lipinski definition) is 3. The molecule has 0 amide bonds. The Morgan fingerprint density at radius 1 is 1.74 bits per heavy atom. The Labute approximate surface area is 112 Å². The van der Waals surface area contributed by atoms with Gasteiger partial charge in [0.1, 0.15) is 5.83 Å². The van der Waals surface area contributed by atoms with E-state index in [1.54, 1.807) is 6.20 Å². The molecule has 0 saturated carbocycles. The van der Waals surface area contributed by atoms with Crippen LogP contribution in [0.15, 0.2) is 36.8 Å². The number of rotatable bonds is 6. The number of aryl methyl sites for hydroxylation is 1. The van der Waals surface area contributed by atoms with Crippen molar-refractivity contribution in [1.29, 1.82) is 0 Å². The highest BCUT2D eigenvalue weighted by Crippen LogP contribution is 2.17. The number of nitrogens with zero attached hydrogens (tertiary/aromatic N) is 2. The van der Waals surface area contributed by atoms with Crippen LogP contribution in [0.2, 0.25) is 0 Å². The summed E-state index contributed by atoms with van der Waals surface area (Å²) in [7, 11) is 0. The predicted octanol–water partition coefficient (Wildman–Crippen LogP) is 2.08. The molecule has 5 heteroatoms. The Bertz CT molecular complexity index is 546. The average molecular weight is 260 g/mol. The number of halogens is 1. The van der Waals surface area contributed by atoms with E-state index >= 15 is 0 Å². The van der Waals surface area contributed by atoms with E-state index in [1.165, 1.54) is 22.9 Å². The Hall–Kier alpha value is -2.32. The van der Waals surface area contributed by atoms with Gasteiger partial charge in [-0.2, -0.15) is 5.10 Å². The molecule has 0 aliphatic rings. The zero-order chi connectivity index (χ0) is 14.3. The Kier molecular flexibility index (Phi) is 5.58. The van der Waals surface area contributed by atoms with Crippen LogP contribution in [-0.2, 0) is 0 Å². The maximum absolute atomic E-state index is 13.4. The first-order valence-electron chi connectivity index (χ1n) is 5.76. The fourth-order valence-corrected chi connectivity index (χ4v) is 1.44. The van der Waals surface area contributed by atoms with Crippen LogP contribution in [0, 0.1) is 19.3 Å². The fraction of sp³-hybridized carbons (Fsp3) is 0.214. The highest BCUT2D eigenvalue weighted by atomic mass is 19.1. The van der Waals surface area contributed by atoms with Crippen molar-refractivity contribution in [3.8, 4) is 12.3 Å². The molecule has 0 saturated heterocycles. The number of terminal acetylenes is 1. The lowest BCUT2D eigenvalue weighted by Crippen LogP contribution is -1.98. The first-order valence-corrected chi connectivity index (χ1v) is 5.76. The lowest BCUT2D eigenvalue weighted by Gasteiger charge is -2.01. The molecule has 0 fully saturated rings. The van der Waals surface area contributed by atoms with E-state index in [1.807, 2.05) is 6.92 Å². The molecule has 1 aromatic rings. The minimum Gasteiger partial charge on any atom is -0.371 e. The summed E-state index contributed by atoms with van der Waals surface area (Å²) in [4.78, 5) is 0. The van der Waals surface area contributed by atoms with Crippen molar-refractivity contribution in [2.75, 3.05) is 18.4 Å². The second kappa shape index (κ2) is 7.19. The van der Waals surface area contributed by atoms with Crippen molar-refractivity contribution < 1.29 is 4.39 Å². The van der Waals surface area contributed by atoms with E-state index in [-0.39, 0.29) is 6.54 Å². The second-order valence-electron chi connectivity index (χ2n) is 3.73. The van der Waals surface area contributed by atoms with Gasteiger partial charge in [0.15, 0.2) is 0 Å². The Morgan fingerprint density at radius 2 is 2.47 bits per heavy atom. The van der Waals surface area contributed by atoms with Gasteiger partial charge < -0.3 is 11.1 Å². The van der Waals surface area contributed by atoms with Gasteiger partial charge in [-0.05, 0) is 25.2 Å². The van der Waals surface area contributed by atoms with Crippen molar-refractivity contribution in [1.82, 2.24) is 9.78 Å². The van der Waals surface area contributed by atoms with Gasteiger partial charge in [0.05, 0.1) is 29.8 Å². The fourth-order valence-electron chi connectivity index (χ4n) is 1.44. The van der Waals surface area contributed by atoms with Crippen LogP contribution < -0.4 is 11.1 Å². The van der Waals surface area contributed by atoms with Crippen molar-refractivity contribution >= 4 is 11.4 Å². The first-order chi connectivity index (χ1) is 9.12. The molecule has 1 aromatic heterocycles. The van der Waals surface area contributed by atoms with Crippen molar-refractivity contribution in [3.05, 3.63) is 42.5 Å². The quantitative estimate of drug-likeness (QED) is 0.608. The molecule has 0 aliphatic carbocycles. The van der Waals surface area contributed by atoms with Crippen LogP contribution in [0.4, 0.5) is 10.1 Å². The van der Waals surface area contributed by atoms with E-state index in [9.17, 15) is 4.39 Å². The zero-order valence-corrected chi connectivity index (χ0v) is 10.9. The molecular formula is C14H17FN4. The maximum Gasteiger partial charge on any atom is 0.122 e. The van der Waals surface area contributed by atoms with E-state index in [0.29, 0.717) is 12.2 Å². The minimum atomic E-state index is -0.427. The van der Waals surface area contributed by atoms with Gasteiger partial charge in [-0.15, -0.1) is 6.42 Å². The lowest BCUT2D eigenvalue weighted by molar-refractivity contribution is 0.661. The topological polar surface area (TPSA) is 55.9 Å². The molecule has 3 N–H and O–H groups in total. The number of nitrogens with one attached hydrogen (secondary N) is 1. The van der Waals surface area contributed by atoms with Gasteiger partial charge in [-0.25, -0.2) is 9.07 Å². The summed E-state index contributed by atoms with van der Waals surface area (Å²) >= 11 is 0. The number of anilines is 1. The minimum absolute atomic E-state index is 0.139. The first kappa shape index (κ1) is 14.7. The van der Waals surface area contributed by atoms with Crippen LogP contribution in [-0.4, -0.2) is 22.9 Å². The number of nitrogens with two attached hydrogens (primary N) is 1. The molecule has 0 bridgehead atoms. The van der Waals surface area contributed by atoms with E-state index in [0.717, 1.165) is 11.4 Å². The third-order valence-electron chi connectivity index (χ3n) is 2.35. The molecule has 4 nitrogen and oxygen atoms in total. The standard InChI is InChI=1S/C14H17FN4/c1-4-8-17-14-10-19(18-11(14)3)13(5-2)9-12(15)6-7-16/h1,5-6,9-10,17H,2,7-8,16H2,3H3/b12-6+,13-9+. The zero-order valence-electron chi connectivity index (χ0n) is 10.9. The number of hydrogen-bond donors (Lipinski definition) is 2. The van der Waals surface area contributed by atoms with Crippen LogP contribution >= 0.6 is 0 Å². The molecule has 1 rings (SSSR count). The van der Waals surface area contributed by atoms with Crippen molar-refractivity contribution in [2.24, 2.45) is 5.73 Å². The summed E-state index contributed by atoms with van der Waals surface area (Å²) < 4.78 is 14.9. The van der Waals surface area contributed by atoms with Gasteiger partial charge in [-0.3, -0.25) is 0 Å². The SMILES string of the molecule is C#CCNc1cn(/C(C=C)=C/C(F)=C\CN)nc1C. The van der Waals surface area contributed by atoms with Crippen LogP contribution in [0.5, 0.6) is 0 Å². The molecule has 0 spiro atoms.